The number of rotatable bonds is 4. The fourth-order valence-corrected chi connectivity index (χ4v) is 7.12. The van der Waals surface area contributed by atoms with E-state index in [4.69, 9.17) is 18.6 Å². The SMILES string of the molecule is CC(C)C1C2=C(Oc3cc(O)c4c(=O)c(O[C@@H]5O[C@@H](C)[C@H](O)[C@@H](O)[C@H]5O)c(-c5cc(O)c(O)c(O)c5)oc4c31)C(C)(C)C(=O)C(C)(C)C2=O. The van der Waals surface area contributed by atoms with Gasteiger partial charge in [0.15, 0.2) is 34.6 Å². The zero-order valence-corrected chi connectivity index (χ0v) is 27.8. The molecule has 262 valence electrons. The summed E-state index contributed by atoms with van der Waals surface area (Å²) in [4.78, 5) is 42.0. The quantitative estimate of drug-likeness (QED) is 0.155. The van der Waals surface area contributed by atoms with Crippen LogP contribution in [-0.2, 0) is 14.3 Å². The van der Waals surface area contributed by atoms with Gasteiger partial charge in [0.05, 0.1) is 16.9 Å². The summed E-state index contributed by atoms with van der Waals surface area (Å²) in [5.41, 5.74) is -3.77. The zero-order chi connectivity index (χ0) is 36.2. The summed E-state index contributed by atoms with van der Waals surface area (Å²) in [7, 11) is 0. The third kappa shape index (κ3) is 4.88. The molecule has 0 saturated carbocycles. The minimum atomic E-state index is -1.87. The van der Waals surface area contributed by atoms with Gasteiger partial charge in [0.1, 0.15) is 46.5 Å². The fraction of sp³-hybridized carbons (Fsp3) is 0.457. The Morgan fingerprint density at radius 2 is 1.45 bits per heavy atom. The van der Waals surface area contributed by atoms with Gasteiger partial charge in [-0.1, -0.05) is 13.8 Å². The Hall–Kier alpha value is -4.63. The molecule has 2 aromatic carbocycles. The van der Waals surface area contributed by atoms with Crippen LogP contribution in [-0.4, -0.2) is 78.0 Å². The molecule has 1 fully saturated rings. The van der Waals surface area contributed by atoms with Crippen molar-refractivity contribution in [2.45, 2.75) is 85.1 Å². The van der Waals surface area contributed by atoms with Crippen molar-refractivity contribution in [2.24, 2.45) is 16.7 Å². The summed E-state index contributed by atoms with van der Waals surface area (Å²) >= 11 is 0. The smallest absolute Gasteiger partial charge is 0.239 e. The highest BCUT2D eigenvalue weighted by atomic mass is 16.7. The summed E-state index contributed by atoms with van der Waals surface area (Å²) in [6.07, 6.45) is -7.94. The van der Waals surface area contributed by atoms with E-state index in [0.29, 0.717) is 0 Å². The average Bonchev–Trinajstić information content (AvgIpc) is 3.03. The molecule has 1 saturated heterocycles. The molecular formula is C35H38O14. The molecule has 0 bridgehead atoms. The van der Waals surface area contributed by atoms with Crippen LogP contribution in [0, 0.1) is 16.7 Å². The predicted molar refractivity (Wildman–Crippen MR) is 170 cm³/mol. The molecule has 3 aromatic rings. The molecule has 14 heteroatoms. The van der Waals surface area contributed by atoms with E-state index in [2.05, 4.69) is 0 Å². The lowest BCUT2D eigenvalue weighted by atomic mass is 9.59. The number of fused-ring (bicyclic) bond motifs is 3. The van der Waals surface area contributed by atoms with Crippen LogP contribution in [0.4, 0.5) is 0 Å². The van der Waals surface area contributed by atoms with Crippen LogP contribution in [0.2, 0.25) is 0 Å². The Morgan fingerprint density at radius 3 is 2.04 bits per heavy atom. The lowest BCUT2D eigenvalue weighted by Crippen LogP contribution is -2.58. The maximum absolute atomic E-state index is 14.4. The third-order valence-electron chi connectivity index (χ3n) is 9.74. The van der Waals surface area contributed by atoms with Gasteiger partial charge in [-0.2, -0.15) is 0 Å². The lowest BCUT2D eigenvalue weighted by Gasteiger charge is -2.45. The van der Waals surface area contributed by atoms with Crippen LogP contribution in [0.1, 0.15) is 59.9 Å². The molecule has 2 aliphatic heterocycles. The third-order valence-corrected chi connectivity index (χ3v) is 9.74. The monoisotopic (exact) mass is 682 g/mol. The second-order valence-corrected chi connectivity index (χ2v) is 14.2. The molecule has 1 unspecified atom stereocenters. The highest BCUT2D eigenvalue weighted by Crippen LogP contribution is 2.57. The maximum Gasteiger partial charge on any atom is 0.239 e. The molecular weight excluding hydrogens is 644 g/mol. The number of benzene rings is 2. The van der Waals surface area contributed by atoms with E-state index in [0.717, 1.165) is 18.2 Å². The van der Waals surface area contributed by atoms with Crippen molar-refractivity contribution < 1.29 is 64.0 Å². The first-order valence-corrected chi connectivity index (χ1v) is 15.7. The summed E-state index contributed by atoms with van der Waals surface area (Å²) in [5, 5.41) is 73.0. The van der Waals surface area contributed by atoms with Crippen LogP contribution >= 0.6 is 0 Å². The number of hydrogen-bond acceptors (Lipinski definition) is 14. The lowest BCUT2D eigenvalue weighted by molar-refractivity contribution is -0.268. The Kier molecular flexibility index (Phi) is 7.83. The van der Waals surface area contributed by atoms with Gasteiger partial charge in [-0.15, -0.1) is 0 Å². The van der Waals surface area contributed by atoms with Gasteiger partial charge in [0.2, 0.25) is 17.5 Å². The molecule has 3 aliphatic rings. The number of ketones is 2. The number of ether oxygens (including phenoxy) is 3. The van der Waals surface area contributed by atoms with Crippen molar-refractivity contribution in [2.75, 3.05) is 0 Å². The molecule has 0 spiro atoms. The van der Waals surface area contributed by atoms with Crippen LogP contribution in [0.3, 0.4) is 0 Å². The van der Waals surface area contributed by atoms with Gasteiger partial charge in [-0.25, -0.2) is 0 Å². The van der Waals surface area contributed by atoms with E-state index in [9.17, 15) is 50.1 Å². The van der Waals surface area contributed by atoms with E-state index >= 15 is 0 Å². The van der Waals surface area contributed by atoms with Crippen molar-refractivity contribution in [3.8, 4) is 45.8 Å². The normalized spacial score (nSPS) is 27.6. The molecule has 7 N–H and O–H groups in total. The number of allylic oxidation sites excluding steroid dienone is 2. The van der Waals surface area contributed by atoms with Crippen LogP contribution in [0.15, 0.2) is 38.7 Å². The van der Waals surface area contributed by atoms with Crippen LogP contribution in [0.25, 0.3) is 22.3 Å². The van der Waals surface area contributed by atoms with Crippen molar-refractivity contribution >= 4 is 22.5 Å². The van der Waals surface area contributed by atoms with Gasteiger partial charge in [0, 0.05) is 28.7 Å². The van der Waals surface area contributed by atoms with Crippen molar-refractivity contribution in [3.63, 3.8) is 0 Å². The van der Waals surface area contributed by atoms with Crippen LogP contribution < -0.4 is 14.9 Å². The molecule has 6 atom stereocenters. The summed E-state index contributed by atoms with van der Waals surface area (Å²) in [6.45, 7) is 11.4. The summed E-state index contributed by atoms with van der Waals surface area (Å²) < 4.78 is 24.0. The summed E-state index contributed by atoms with van der Waals surface area (Å²) in [5.74, 6) is -6.21. The van der Waals surface area contributed by atoms with E-state index in [1.807, 2.05) is 13.8 Å². The van der Waals surface area contributed by atoms with Gasteiger partial charge in [-0.05, 0) is 52.7 Å². The Labute approximate surface area is 279 Å². The van der Waals surface area contributed by atoms with Crippen molar-refractivity contribution in [1.29, 1.82) is 0 Å². The van der Waals surface area contributed by atoms with E-state index in [1.165, 1.54) is 20.8 Å². The number of hydrogen-bond donors (Lipinski definition) is 7. The van der Waals surface area contributed by atoms with Gasteiger partial charge in [-0.3, -0.25) is 14.4 Å². The van der Waals surface area contributed by atoms with E-state index < -0.39 is 98.6 Å². The molecule has 0 amide bonds. The number of phenols is 4. The molecule has 6 rings (SSSR count). The standard InChI is InChI=1S/C35H38O14/c1-11(2)18-20-17(47-31-21(18)30(44)34(4,5)33(45)35(31,6)7)10-14(36)19-24(41)29(49-32-26(43)25(42)22(39)12(3)46-32)27(48-28(19)20)13-8-15(37)23(40)16(38)9-13/h8-12,18,22,25-26,32,36-40,42-43H,1-7H3/t12-,18?,22-,25+,26+,32-/m0/s1. The number of carbonyl (C=O) groups excluding carboxylic acids is 2. The van der Waals surface area contributed by atoms with Crippen molar-refractivity contribution in [3.05, 3.63) is 45.3 Å². The van der Waals surface area contributed by atoms with E-state index in [1.54, 1.807) is 13.8 Å². The number of Topliss-reactive ketones (excluding diaryl/α,β-unsaturated/α-hetero) is 2. The maximum atomic E-state index is 14.4. The molecule has 3 heterocycles. The molecule has 0 radical (unpaired) electrons. The fourth-order valence-electron chi connectivity index (χ4n) is 7.12. The van der Waals surface area contributed by atoms with Crippen molar-refractivity contribution in [1.82, 2.24) is 0 Å². The van der Waals surface area contributed by atoms with Gasteiger partial charge in [0.25, 0.3) is 0 Å². The largest absolute Gasteiger partial charge is 0.507 e. The second kappa shape index (κ2) is 11.2. The minimum Gasteiger partial charge on any atom is -0.507 e. The predicted octanol–water partition coefficient (Wildman–Crippen LogP) is 3.08. The first kappa shape index (κ1) is 34.2. The minimum absolute atomic E-state index is 0.00645. The number of aliphatic hydroxyl groups is 3. The molecule has 1 aliphatic carbocycles. The highest BCUT2D eigenvalue weighted by molar-refractivity contribution is 6.20. The highest BCUT2D eigenvalue weighted by Gasteiger charge is 2.57. The Balaban J connectivity index is 1.68. The average molecular weight is 683 g/mol. The molecule has 1 aromatic heterocycles. The number of aliphatic hydroxyl groups excluding tert-OH is 3. The first-order chi connectivity index (χ1) is 22.7. The number of carbonyl (C=O) groups is 2. The topological polar surface area (TPSA) is 234 Å². The number of aromatic hydroxyl groups is 4. The number of phenolic OH excluding ortho intramolecular Hbond substituents is 4. The van der Waals surface area contributed by atoms with Crippen LogP contribution in [0.5, 0.6) is 34.5 Å². The summed E-state index contributed by atoms with van der Waals surface area (Å²) in [6, 6.07) is 3.08. The first-order valence-electron chi connectivity index (χ1n) is 15.7. The van der Waals surface area contributed by atoms with E-state index in [-0.39, 0.29) is 45.5 Å². The Bertz CT molecular complexity index is 2000. The van der Waals surface area contributed by atoms with Gasteiger partial charge < -0.3 is 54.4 Å². The Morgan fingerprint density at radius 1 is 0.837 bits per heavy atom. The van der Waals surface area contributed by atoms with Gasteiger partial charge >= 0.3 is 0 Å². The molecule has 14 nitrogen and oxygen atoms in total. The second-order valence-electron chi connectivity index (χ2n) is 14.2. The zero-order valence-electron chi connectivity index (χ0n) is 27.8. The molecule has 49 heavy (non-hydrogen) atoms.